The summed E-state index contributed by atoms with van der Waals surface area (Å²) in [5.41, 5.74) is 3.20. The zero-order valence-corrected chi connectivity index (χ0v) is 21.5. The second kappa shape index (κ2) is 9.25. The molecule has 1 unspecified atom stereocenters. The van der Waals surface area contributed by atoms with E-state index in [1.807, 2.05) is 19.1 Å². The molecule has 178 valence electrons. The molecular formula is C26H28BrN3O4. The van der Waals surface area contributed by atoms with E-state index in [0.717, 1.165) is 15.7 Å². The number of carbonyl (C=O) groups is 2. The van der Waals surface area contributed by atoms with Crippen molar-refractivity contribution in [3.8, 4) is 11.5 Å². The molecule has 1 aromatic carbocycles. The van der Waals surface area contributed by atoms with Gasteiger partial charge < -0.3 is 20.1 Å². The highest BCUT2D eigenvalue weighted by atomic mass is 79.9. The minimum Gasteiger partial charge on any atom is -0.497 e. The van der Waals surface area contributed by atoms with Crippen molar-refractivity contribution in [3.63, 3.8) is 0 Å². The van der Waals surface area contributed by atoms with E-state index in [4.69, 9.17) is 9.47 Å². The number of dihydropyridines is 1. The molecule has 0 fully saturated rings. The van der Waals surface area contributed by atoms with Gasteiger partial charge in [0.05, 0.1) is 20.1 Å². The Labute approximate surface area is 207 Å². The number of amides is 1. The van der Waals surface area contributed by atoms with E-state index in [2.05, 4.69) is 45.4 Å². The van der Waals surface area contributed by atoms with Gasteiger partial charge >= 0.3 is 0 Å². The summed E-state index contributed by atoms with van der Waals surface area (Å²) in [4.78, 5) is 31.4. The highest BCUT2D eigenvalue weighted by Gasteiger charge is 2.43. The minimum atomic E-state index is -0.587. The molecule has 1 aliphatic carbocycles. The first-order valence-corrected chi connectivity index (χ1v) is 11.8. The van der Waals surface area contributed by atoms with Crippen LogP contribution in [0.2, 0.25) is 0 Å². The lowest BCUT2D eigenvalue weighted by atomic mass is 9.68. The summed E-state index contributed by atoms with van der Waals surface area (Å²) >= 11 is 3.36. The van der Waals surface area contributed by atoms with Crippen LogP contribution in [0, 0.1) is 5.41 Å². The molecule has 2 N–H and O–H groups in total. The first kappa shape index (κ1) is 24.0. The molecule has 0 radical (unpaired) electrons. The number of anilines is 1. The highest BCUT2D eigenvalue weighted by Crippen LogP contribution is 2.49. The van der Waals surface area contributed by atoms with Crippen LogP contribution >= 0.6 is 15.9 Å². The van der Waals surface area contributed by atoms with Crippen molar-refractivity contribution in [1.29, 1.82) is 0 Å². The largest absolute Gasteiger partial charge is 0.497 e. The molecule has 2 aromatic rings. The maximum atomic E-state index is 13.6. The second-order valence-electron chi connectivity index (χ2n) is 9.35. The molecule has 0 bridgehead atoms. The van der Waals surface area contributed by atoms with E-state index in [0.29, 0.717) is 47.0 Å². The molecule has 2 heterocycles. The molecule has 1 aliphatic heterocycles. The first-order valence-electron chi connectivity index (χ1n) is 11.0. The molecule has 1 atom stereocenters. The standard InChI is InChI=1S/C26H28BrN3O4/c1-14-22(25(32)30-21-9-6-15(27)13-28-21)23(17-8-7-16(33-4)10-20(17)34-5)24-18(29-14)11-26(2,3)12-19(24)31/h6-10,13,23,29H,11-12H2,1-5H3,(H,28,30,32). The number of ether oxygens (including phenoxy) is 2. The van der Waals surface area contributed by atoms with Gasteiger partial charge in [0.2, 0.25) is 0 Å². The SMILES string of the molecule is COc1ccc(C2C(C(=O)Nc3ccc(Br)cn3)=C(C)NC3=C2C(=O)CC(C)(C)C3)c(OC)c1. The molecule has 1 amide bonds. The Morgan fingerprint density at radius 1 is 1.18 bits per heavy atom. The second-order valence-corrected chi connectivity index (χ2v) is 10.3. The van der Waals surface area contributed by atoms with Crippen molar-refractivity contribution in [3.05, 3.63) is 69.1 Å². The van der Waals surface area contributed by atoms with Crippen molar-refractivity contribution in [2.24, 2.45) is 5.41 Å². The molecule has 0 saturated heterocycles. The average Bonchev–Trinajstić information content (AvgIpc) is 2.78. The summed E-state index contributed by atoms with van der Waals surface area (Å²) in [7, 11) is 3.16. The quantitative estimate of drug-likeness (QED) is 0.564. The van der Waals surface area contributed by atoms with Crippen LogP contribution in [-0.4, -0.2) is 30.9 Å². The molecule has 2 aliphatic rings. The van der Waals surface area contributed by atoms with Crippen LogP contribution in [0.1, 0.15) is 45.1 Å². The van der Waals surface area contributed by atoms with Crippen LogP contribution in [0.3, 0.4) is 0 Å². The van der Waals surface area contributed by atoms with Crippen LogP contribution in [0.4, 0.5) is 5.82 Å². The average molecular weight is 526 g/mol. The van der Waals surface area contributed by atoms with Crippen molar-refractivity contribution >= 4 is 33.4 Å². The molecule has 8 heteroatoms. The van der Waals surface area contributed by atoms with Gasteiger partial charge in [0.1, 0.15) is 17.3 Å². The Morgan fingerprint density at radius 3 is 2.59 bits per heavy atom. The minimum absolute atomic E-state index is 0.0289. The monoisotopic (exact) mass is 525 g/mol. The van der Waals surface area contributed by atoms with Gasteiger partial charge in [-0.2, -0.15) is 0 Å². The number of aromatic nitrogens is 1. The predicted molar refractivity (Wildman–Crippen MR) is 134 cm³/mol. The van der Waals surface area contributed by atoms with Crippen molar-refractivity contribution in [1.82, 2.24) is 10.3 Å². The number of Topliss-reactive ketones (excluding diaryl/α,β-unsaturated/α-hetero) is 1. The van der Waals surface area contributed by atoms with Crippen molar-refractivity contribution in [2.75, 3.05) is 19.5 Å². The zero-order chi connectivity index (χ0) is 24.6. The number of rotatable bonds is 5. The molecule has 34 heavy (non-hydrogen) atoms. The third-order valence-electron chi connectivity index (χ3n) is 6.20. The fraction of sp³-hybridized carbons (Fsp3) is 0.346. The molecule has 7 nitrogen and oxygen atoms in total. The number of nitrogens with one attached hydrogen (secondary N) is 2. The van der Waals surface area contributed by atoms with Gasteiger partial charge in [-0.15, -0.1) is 0 Å². The van der Waals surface area contributed by atoms with Crippen LogP contribution in [0.15, 0.2) is 63.5 Å². The van der Waals surface area contributed by atoms with E-state index < -0.39 is 5.92 Å². The number of benzene rings is 1. The smallest absolute Gasteiger partial charge is 0.255 e. The Bertz CT molecular complexity index is 1220. The molecular weight excluding hydrogens is 498 g/mol. The van der Waals surface area contributed by atoms with Gasteiger partial charge in [-0.1, -0.05) is 19.9 Å². The summed E-state index contributed by atoms with van der Waals surface area (Å²) in [6.45, 7) is 6.03. The number of halogens is 1. The Balaban J connectivity index is 1.85. The number of allylic oxidation sites excluding steroid dienone is 3. The van der Waals surface area contributed by atoms with Gasteiger partial charge in [-0.05, 0) is 52.9 Å². The maximum absolute atomic E-state index is 13.6. The van der Waals surface area contributed by atoms with Crippen LogP contribution in [0.5, 0.6) is 11.5 Å². The van der Waals surface area contributed by atoms with E-state index in [1.165, 1.54) is 0 Å². The van der Waals surface area contributed by atoms with Crippen molar-refractivity contribution in [2.45, 2.75) is 39.5 Å². The van der Waals surface area contributed by atoms with Crippen LogP contribution in [-0.2, 0) is 9.59 Å². The van der Waals surface area contributed by atoms with Crippen LogP contribution in [0.25, 0.3) is 0 Å². The number of hydrogen-bond acceptors (Lipinski definition) is 6. The summed E-state index contributed by atoms with van der Waals surface area (Å²) in [5, 5.41) is 6.26. The van der Waals surface area contributed by atoms with Gasteiger partial charge in [0, 0.05) is 51.3 Å². The summed E-state index contributed by atoms with van der Waals surface area (Å²) in [6, 6.07) is 8.98. The van der Waals surface area contributed by atoms with Crippen LogP contribution < -0.4 is 20.1 Å². The predicted octanol–water partition coefficient (Wildman–Crippen LogP) is 5.10. The fourth-order valence-corrected chi connectivity index (χ4v) is 4.97. The maximum Gasteiger partial charge on any atom is 0.255 e. The van der Waals surface area contributed by atoms with E-state index >= 15 is 0 Å². The molecule has 0 saturated carbocycles. The van der Waals surface area contributed by atoms with Gasteiger partial charge in [-0.25, -0.2) is 4.98 Å². The number of pyridine rings is 1. The number of methoxy groups -OCH3 is 2. The Morgan fingerprint density at radius 2 is 1.94 bits per heavy atom. The lowest BCUT2D eigenvalue weighted by Crippen LogP contribution is -2.39. The third kappa shape index (κ3) is 4.59. The molecule has 4 rings (SSSR count). The Hall–Kier alpha value is -3.13. The lowest BCUT2D eigenvalue weighted by Gasteiger charge is -2.40. The van der Waals surface area contributed by atoms with Gasteiger partial charge in [0.15, 0.2) is 5.78 Å². The summed E-state index contributed by atoms with van der Waals surface area (Å²) in [6.07, 6.45) is 2.74. The van der Waals surface area contributed by atoms with E-state index in [-0.39, 0.29) is 17.1 Å². The van der Waals surface area contributed by atoms with Gasteiger partial charge in [0.25, 0.3) is 5.91 Å². The van der Waals surface area contributed by atoms with E-state index in [9.17, 15) is 9.59 Å². The van der Waals surface area contributed by atoms with Crippen molar-refractivity contribution < 1.29 is 19.1 Å². The van der Waals surface area contributed by atoms with E-state index in [1.54, 1.807) is 38.6 Å². The Kier molecular flexibility index (Phi) is 6.53. The molecule has 1 aromatic heterocycles. The molecule has 0 spiro atoms. The highest BCUT2D eigenvalue weighted by molar-refractivity contribution is 9.10. The third-order valence-corrected chi connectivity index (χ3v) is 6.67. The first-order chi connectivity index (χ1) is 16.1. The number of carbonyl (C=O) groups excluding carboxylic acids is 2. The lowest BCUT2D eigenvalue weighted by molar-refractivity contribution is -0.118. The number of hydrogen-bond donors (Lipinski definition) is 2. The topological polar surface area (TPSA) is 89.5 Å². The zero-order valence-electron chi connectivity index (χ0n) is 19.9. The summed E-state index contributed by atoms with van der Waals surface area (Å²) < 4.78 is 11.9. The fourth-order valence-electron chi connectivity index (χ4n) is 4.74. The summed E-state index contributed by atoms with van der Waals surface area (Å²) in [5.74, 6) is 0.718. The van der Waals surface area contributed by atoms with Gasteiger partial charge in [-0.3, -0.25) is 9.59 Å². The number of nitrogens with zero attached hydrogens (tertiary/aromatic N) is 1. The number of ketones is 1. The normalized spacial score (nSPS) is 19.4.